The first-order valence-electron chi connectivity index (χ1n) is 7.26. The molecule has 0 saturated heterocycles. The molecule has 118 valence electrons. The predicted octanol–water partition coefficient (Wildman–Crippen LogP) is 2.87. The predicted molar refractivity (Wildman–Crippen MR) is 91.5 cm³/mol. The van der Waals surface area contributed by atoms with Crippen molar-refractivity contribution in [2.75, 3.05) is 25.2 Å². The van der Waals surface area contributed by atoms with E-state index in [2.05, 4.69) is 9.97 Å². The van der Waals surface area contributed by atoms with Crippen LogP contribution in [-0.2, 0) is 0 Å². The molecule has 4 N–H and O–H groups in total. The van der Waals surface area contributed by atoms with E-state index in [1.54, 1.807) is 19.2 Å². The van der Waals surface area contributed by atoms with Crippen LogP contribution in [0.25, 0.3) is 22.2 Å². The van der Waals surface area contributed by atoms with Crippen LogP contribution in [0.4, 0.5) is 11.4 Å². The zero-order valence-electron chi connectivity index (χ0n) is 13.0. The number of ether oxygens (including phenoxy) is 2. The molecule has 1 aromatic heterocycles. The highest BCUT2D eigenvalue weighted by Crippen LogP contribution is 2.34. The van der Waals surface area contributed by atoms with E-state index in [1.165, 1.54) is 0 Å². The minimum atomic E-state index is 0.305. The van der Waals surface area contributed by atoms with Gasteiger partial charge in [-0.2, -0.15) is 9.97 Å². The highest BCUT2D eigenvalue weighted by Gasteiger charge is 2.14. The molecule has 0 saturated carbocycles. The van der Waals surface area contributed by atoms with E-state index in [9.17, 15) is 0 Å². The number of aromatic nitrogens is 2. The van der Waals surface area contributed by atoms with Gasteiger partial charge in [-0.15, -0.1) is 0 Å². The molecular formula is C17H18N4O2. The van der Waals surface area contributed by atoms with Gasteiger partial charge < -0.3 is 20.9 Å². The first kappa shape index (κ1) is 14.9. The molecule has 0 fully saturated rings. The third kappa shape index (κ3) is 2.83. The lowest BCUT2D eigenvalue weighted by Crippen LogP contribution is -2.01. The SMILES string of the molecule is CCOc1nc(-c2ccc(N)cc2N)c2ccc(OC)cc2n1. The Kier molecular flexibility index (Phi) is 3.89. The van der Waals surface area contributed by atoms with Gasteiger partial charge in [0.1, 0.15) is 5.75 Å². The van der Waals surface area contributed by atoms with Crippen LogP contribution in [0.3, 0.4) is 0 Å². The van der Waals surface area contributed by atoms with Crippen molar-refractivity contribution in [3.05, 3.63) is 36.4 Å². The lowest BCUT2D eigenvalue weighted by molar-refractivity contribution is 0.314. The number of nitrogens with zero attached hydrogens (tertiary/aromatic N) is 2. The normalized spacial score (nSPS) is 10.7. The second-order valence-corrected chi connectivity index (χ2v) is 5.02. The maximum atomic E-state index is 6.12. The van der Waals surface area contributed by atoms with Crippen LogP contribution in [0.5, 0.6) is 11.8 Å². The minimum Gasteiger partial charge on any atom is -0.497 e. The Morgan fingerprint density at radius 2 is 1.87 bits per heavy atom. The summed E-state index contributed by atoms with van der Waals surface area (Å²) in [6.07, 6.45) is 0. The molecule has 0 aliphatic carbocycles. The van der Waals surface area contributed by atoms with Crippen molar-refractivity contribution in [3.8, 4) is 23.0 Å². The van der Waals surface area contributed by atoms with Crippen molar-refractivity contribution < 1.29 is 9.47 Å². The van der Waals surface area contributed by atoms with Crippen molar-refractivity contribution in [2.24, 2.45) is 0 Å². The van der Waals surface area contributed by atoms with Crippen LogP contribution in [0.1, 0.15) is 6.92 Å². The standard InChI is InChI=1S/C17H18N4O2/c1-3-23-17-20-15-9-11(22-2)5-7-13(15)16(21-17)12-6-4-10(18)8-14(12)19/h4-9H,3,18-19H2,1-2H3. The van der Waals surface area contributed by atoms with Crippen molar-refractivity contribution in [2.45, 2.75) is 6.92 Å². The third-order valence-electron chi connectivity index (χ3n) is 3.49. The van der Waals surface area contributed by atoms with Gasteiger partial charge in [0.2, 0.25) is 0 Å². The molecule has 0 radical (unpaired) electrons. The first-order valence-corrected chi connectivity index (χ1v) is 7.26. The van der Waals surface area contributed by atoms with Crippen LogP contribution in [0, 0.1) is 0 Å². The van der Waals surface area contributed by atoms with Gasteiger partial charge in [0.05, 0.1) is 24.9 Å². The Balaban J connectivity index is 2.28. The van der Waals surface area contributed by atoms with Gasteiger partial charge >= 0.3 is 6.01 Å². The van der Waals surface area contributed by atoms with Gasteiger partial charge in [-0.05, 0) is 37.3 Å². The summed E-state index contributed by atoms with van der Waals surface area (Å²) in [7, 11) is 1.62. The van der Waals surface area contributed by atoms with Gasteiger partial charge in [-0.3, -0.25) is 0 Å². The lowest BCUT2D eigenvalue weighted by Gasteiger charge is -2.12. The Hall–Kier alpha value is -3.02. The summed E-state index contributed by atoms with van der Waals surface area (Å²) in [5, 5.41) is 0.866. The average Bonchev–Trinajstić information content (AvgIpc) is 2.54. The van der Waals surface area contributed by atoms with Gasteiger partial charge in [0, 0.05) is 28.4 Å². The number of rotatable bonds is 4. The minimum absolute atomic E-state index is 0.305. The van der Waals surface area contributed by atoms with Gasteiger partial charge in [0.15, 0.2) is 0 Å². The second kappa shape index (κ2) is 6.00. The summed E-state index contributed by atoms with van der Waals surface area (Å²) >= 11 is 0. The highest BCUT2D eigenvalue weighted by atomic mass is 16.5. The van der Waals surface area contributed by atoms with E-state index in [0.29, 0.717) is 29.7 Å². The number of nitrogen functional groups attached to an aromatic ring is 2. The van der Waals surface area contributed by atoms with Crippen molar-refractivity contribution in [3.63, 3.8) is 0 Å². The number of methoxy groups -OCH3 is 1. The fraction of sp³-hybridized carbons (Fsp3) is 0.176. The first-order chi connectivity index (χ1) is 11.1. The Morgan fingerprint density at radius 1 is 1.04 bits per heavy atom. The average molecular weight is 310 g/mol. The molecular weight excluding hydrogens is 292 g/mol. The molecule has 6 heteroatoms. The Bertz CT molecular complexity index is 865. The summed E-state index contributed by atoms with van der Waals surface area (Å²) in [5.74, 6) is 0.717. The van der Waals surface area contributed by atoms with E-state index in [4.69, 9.17) is 20.9 Å². The summed E-state index contributed by atoms with van der Waals surface area (Å²) < 4.78 is 10.7. The van der Waals surface area contributed by atoms with Crippen molar-refractivity contribution in [1.82, 2.24) is 9.97 Å². The van der Waals surface area contributed by atoms with Gasteiger partial charge in [-0.1, -0.05) is 0 Å². The smallest absolute Gasteiger partial charge is 0.317 e. The zero-order chi connectivity index (χ0) is 16.4. The monoisotopic (exact) mass is 310 g/mol. The molecule has 6 nitrogen and oxygen atoms in total. The Morgan fingerprint density at radius 3 is 2.57 bits per heavy atom. The molecule has 0 aliphatic rings. The van der Waals surface area contributed by atoms with Crippen LogP contribution >= 0.6 is 0 Å². The number of nitrogens with two attached hydrogens (primary N) is 2. The molecule has 3 aromatic rings. The van der Waals surface area contributed by atoms with Gasteiger partial charge in [-0.25, -0.2) is 0 Å². The van der Waals surface area contributed by atoms with Crippen LogP contribution in [-0.4, -0.2) is 23.7 Å². The lowest BCUT2D eigenvalue weighted by atomic mass is 10.0. The topological polar surface area (TPSA) is 96.3 Å². The summed E-state index contributed by atoms with van der Waals surface area (Å²) in [4.78, 5) is 8.94. The molecule has 0 aliphatic heterocycles. The van der Waals surface area contributed by atoms with Gasteiger partial charge in [0.25, 0.3) is 0 Å². The third-order valence-corrected chi connectivity index (χ3v) is 3.49. The van der Waals surface area contributed by atoms with E-state index >= 15 is 0 Å². The molecule has 0 bridgehead atoms. The van der Waals surface area contributed by atoms with E-state index in [0.717, 1.165) is 22.2 Å². The quantitative estimate of drug-likeness (QED) is 0.719. The van der Waals surface area contributed by atoms with Crippen molar-refractivity contribution >= 4 is 22.3 Å². The Labute approximate surface area is 134 Å². The molecule has 0 amide bonds. The molecule has 0 spiro atoms. The number of benzene rings is 2. The number of anilines is 2. The summed E-state index contributed by atoms with van der Waals surface area (Å²) in [6, 6.07) is 11.3. The molecule has 23 heavy (non-hydrogen) atoms. The highest BCUT2D eigenvalue weighted by molar-refractivity contribution is 5.96. The second-order valence-electron chi connectivity index (χ2n) is 5.02. The number of hydrogen-bond acceptors (Lipinski definition) is 6. The zero-order valence-corrected chi connectivity index (χ0v) is 13.0. The molecule has 1 heterocycles. The van der Waals surface area contributed by atoms with E-state index < -0.39 is 0 Å². The van der Waals surface area contributed by atoms with Crippen LogP contribution in [0.15, 0.2) is 36.4 Å². The maximum absolute atomic E-state index is 6.12. The maximum Gasteiger partial charge on any atom is 0.317 e. The molecule has 3 rings (SSSR count). The molecule has 0 unspecified atom stereocenters. The van der Waals surface area contributed by atoms with Crippen LogP contribution in [0.2, 0.25) is 0 Å². The van der Waals surface area contributed by atoms with Crippen molar-refractivity contribution in [1.29, 1.82) is 0 Å². The summed E-state index contributed by atoms with van der Waals surface area (Å²) in [5.41, 5.74) is 15.3. The largest absolute Gasteiger partial charge is 0.497 e. The van der Waals surface area contributed by atoms with E-state index in [-0.39, 0.29) is 0 Å². The summed E-state index contributed by atoms with van der Waals surface area (Å²) in [6.45, 7) is 2.36. The number of fused-ring (bicyclic) bond motifs is 1. The molecule has 2 aromatic carbocycles. The number of hydrogen-bond donors (Lipinski definition) is 2. The fourth-order valence-electron chi connectivity index (χ4n) is 2.41. The molecule has 0 atom stereocenters. The van der Waals surface area contributed by atoms with Crippen LogP contribution < -0.4 is 20.9 Å². The van der Waals surface area contributed by atoms with E-state index in [1.807, 2.05) is 31.2 Å². The fourth-order valence-corrected chi connectivity index (χ4v) is 2.41.